The first kappa shape index (κ1) is 18.7. The van der Waals surface area contributed by atoms with Gasteiger partial charge >= 0.3 is 0 Å². The summed E-state index contributed by atoms with van der Waals surface area (Å²) < 4.78 is 0. The molecule has 0 bridgehead atoms. The van der Waals surface area contributed by atoms with Gasteiger partial charge < -0.3 is 10.8 Å². The minimum atomic E-state index is -0.627. The van der Waals surface area contributed by atoms with E-state index < -0.39 is 6.23 Å². The molecule has 24 heavy (non-hydrogen) atoms. The summed E-state index contributed by atoms with van der Waals surface area (Å²) in [4.78, 5) is 0. The van der Waals surface area contributed by atoms with Crippen molar-refractivity contribution >= 4 is 0 Å². The van der Waals surface area contributed by atoms with E-state index in [1.165, 1.54) is 51.4 Å². The Morgan fingerprint density at radius 1 is 1.08 bits per heavy atom. The predicted octanol–water partition coefficient (Wildman–Crippen LogP) is 5.34. The molecule has 2 heteroatoms. The van der Waals surface area contributed by atoms with E-state index in [-0.39, 0.29) is 0 Å². The molecule has 2 nitrogen and oxygen atoms in total. The van der Waals surface area contributed by atoms with Crippen molar-refractivity contribution in [3.8, 4) is 0 Å². The van der Waals surface area contributed by atoms with Gasteiger partial charge in [0.15, 0.2) is 0 Å². The molecular weight excluding hydrogens is 294 g/mol. The van der Waals surface area contributed by atoms with E-state index in [1.807, 2.05) is 0 Å². The SMILES string of the molecule is CCC(C)C1CCC2C3CCCC(C)(CCC(N)O)C3CCC12C. The molecule has 0 saturated heterocycles. The lowest BCUT2D eigenvalue weighted by molar-refractivity contribution is -0.0800. The lowest BCUT2D eigenvalue weighted by atomic mass is 9.48. The van der Waals surface area contributed by atoms with Crippen LogP contribution in [0.3, 0.4) is 0 Å². The van der Waals surface area contributed by atoms with Gasteiger partial charge in [-0.1, -0.05) is 40.5 Å². The molecule has 3 aliphatic rings. The second kappa shape index (κ2) is 6.91. The van der Waals surface area contributed by atoms with Gasteiger partial charge in [0.25, 0.3) is 0 Å². The second-order valence-electron chi connectivity index (χ2n) is 10.1. The second-order valence-corrected chi connectivity index (χ2v) is 10.1. The van der Waals surface area contributed by atoms with Crippen LogP contribution in [-0.2, 0) is 0 Å². The van der Waals surface area contributed by atoms with E-state index in [2.05, 4.69) is 27.7 Å². The number of nitrogens with two attached hydrogens (primary N) is 1. The van der Waals surface area contributed by atoms with Crippen LogP contribution >= 0.6 is 0 Å². The Hall–Kier alpha value is -0.0800. The predicted molar refractivity (Wildman–Crippen MR) is 101 cm³/mol. The summed E-state index contributed by atoms with van der Waals surface area (Å²) >= 11 is 0. The first-order chi connectivity index (χ1) is 11.3. The summed E-state index contributed by atoms with van der Waals surface area (Å²) in [5.41, 5.74) is 6.68. The zero-order chi connectivity index (χ0) is 17.5. The van der Waals surface area contributed by atoms with Crippen molar-refractivity contribution < 1.29 is 5.11 Å². The summed E-state index contributed by atoms with van der Waals surface area (Å²) in [6.45, 7) is 10.0. The zero-order valence-corrected chi connectivity index (χ0v) is 16.6. The molecule has 0 aromatic heterocycles. The van der Waals surface area contributed by atoms with Gasteiger partial charge in [0.1, 0.15) is 6.23 Å². The van der Waals surface area contributed by atoms with E-state index in [4.69, 9.17) is 5.73 Å². The average molecular weight is 336 g/mol. The van der Waals surface area contributed by atoms with Gasteiger partial charge in [-0.05, 0) is 91.8 Å². The van der Waals surface area contributed by atoms with Crippen molar-refractivity contribution in [3.63, 3.8) is 0 Å². The molecule has 3 rings (SSSR count). The number of hydrogen-bond acceptors (Lipinski definition) is 2. The maximum atomic E-state index is 9.59. The van der Waals surface area contributed by atoms with Crippen molar-refractivity contribution in [2.24, 2.45) is 46.2 Å². The summed E-state index contributed by atoms with van der Waals surface area (Å²) in [6, 6.07) is 0. The summed E-state index contributed by atoms with van der Waals surface area (Å²) in [5.74, 6) is 4.61. The number of aliphatic hydroxyl groups is 1. The van der Waals surface area contributed by atoms with Gasteiger partial charge in [0, 0.05) is 0 Å². The molecule has 0 aliphatic heterocycles. The van der Waals surface area contributed by atoms with Crippen LogP contribution < -0.4 is 5.73 Å². The average Bonchev–Trinajstić information content (AvgIpc) is 2.90. The van der Waals surface area contributed by atoms with Crippen molar-refractivity contribution in [2.45, 2.75) is 98.1 Å². The van der Waals surface area contributed by atoms with Gasteiger partial charge in [0.2, 0.25) is 0 Å². The first-order valence-corrected chi connectivity index (χ1v) is 10.8. The molecule has 0 aromatic rings. The van der Waals surface area contributed by atoms with Crippen LogP contribution in [0, 0.1) is 40.4 Å². The van der Waals surface area contributed by atoms with Crippen LogP contribution in [0.25, 0.3) is 0 Å². The summed E-state index contributed by atoms with van der Waals surface area (Å²) in [6.07, 6.45) is 12.6. The maximum Gasteiger partial charge on any atom is 0.102 e. The van der Waals surface area contributed by atoms with E-state index in [0.717, 1.165) is 42.4 Å². The Labute approximate surface area is 150 Å². The van der Waals surface area contributed by atoms with Crippen molar-refractivity contribution in [3.05, 3.63) is 0 Å². The highest BCUT2D eigenvalue weighted by Gasteiger charge is 2.57. The van der Waals surface area contributed by atoms with Crippen LogP contribution in [0.4, 0.5) is 0 Å². The Morgan fingerprint density at radius 2 is 1.83 bits per heavy atom. The van der Waals surface area contributed by atoms with E-state index in [9.17, 15) is 5.11 Å². The van der Waals surface area contributed by atoms with Crippen molar-refractivity contribution in [1.29, 1.82) is 0 Å². The van der Waals surface area contributed by atoms with Crippen molar-refractivity contribution in [2.75, 3.05) is 0 Å². The summed E-state index contributed by atoms with van der Waals surface area (Å²) in [7, 11) is 0. The first-order valence-electron chi connectivity index (χ1n) is 10.8. The molecule has 3 fully saturated rings. The number of fused-ring (bicyclic) bond motifs is 3. The molecule has 8 atom stereocenters. The van der Waals surface area contributed by atoms with Gasteiger partial charge in [-0.15, -0.1) is 0 Å². The fourth-order valence-corrected chi connectivity index (χ4v) is 7.53. The lowest BCUT2D eigenvalue weighted by Gasteiger charge is -2.57. The highest BCUT2D eigenvalue weighted by molar-refractivity contribution is 5.07. The van der Waals surface area contributed by atoms with E-state index >= 15 is 0 Å². The largest absolute Gasteiger partial charge is 0.379 e. The molecule has 0 aromatic carbocycles. The molecule has 0 radical (unpaired) electrons. The summed E-state index contributed by atoms with van der Waals surface area (Å²) in [5, 5.41) is 9.59. The van der Waals surface area contributed by atoms with Gasteiger partial charge in [-0.2, -0.15) is 0 Å². The number of hydrogen-bond donors (Lipinski definition) is 2. The Kier molecular flexibility index (Phi) is 5.39. The fourth-order valence-electron chi connectivity index (χ4n) is 7.53. The molecule has 3 N–H and O–H groups in total. The highest BCUT2D eigenvalue weighted by Crippen LogP contribution is 2.66. The molecule has 3 aliphatic carbocycles. The molecule has 0 heterocycles. The Balaban J connectivity index is 1.78. The minimum absolute atomic E-state index is 0.416. The fraction of sp³-hybridized carbons (Fsp3) is 1.00. The zero-order valence-electron chi connectivity index (χ0n) is 16.6. The van der Waals surface area contributed by atoms with Crippen LogP contribution in [0.15, 0.2) is 0 Å². The lowest BCUT2D eigenvalue weighted by Crippen LogP contribution is -2.49. The monoisotopic (exact) mass is 335 g/mol. The Morgan fingerprint density at radius 3 is 2.50 bits per heavy atom. The topological polar surface area (TPSA) is 46.2 Å². The molecule has 3 saturated carbocycles. The third-order valence-corrected chi connectivity index (χ3v) is 9.03. The Bertz CT molecular complexity index is 436. The minimum Gasteiger partial charge on any atom is -0.379 e. The van der Waals surface area contributed by atoms with Gasteiger partial charge in [-0.3, -0.25) is 0 Å². The van der Waals surface area contributed by atoms with Gasteiger partial charge in [0.05, 0.1) is 0 Å². The highest BCUT2D eigenvalue weighted by atomic mass is 16.3. The van der Waals surface area contributed by atoms with Crippen LogP contribution in [0.1, 0.15) is 91.9 Å². The molecule has 0 amide bonds. The standard InChI is InChI=1S/C22H41NO/c1-5-15(2)17-8-9-19-16-7-6-12-21(3,13-11-20(23)24)18(16)10-14-22(17,19)4/h15-20,24H,5-14,23H2,1-4H3. The van der Waals surface area contributed by atoms with E-state index in [0.29, 0.717) is 10.8 Å². The third kappa shape index (κ3) is 3.07. The van der Waals surface area contributed by atoms with Gasteiger partial charge in [-0.25, -0.2) is 0 Å². The van der Waals surface area contributed by atoms with E-state index in [1.54, 1.807) is 0 Å². The molecular formula is C22H41NO. The number of aliphatic hydroxyl groups excluding tert-OH is 1. The normalized spacial score (nSPS) is 47.8. The molecule has 140 valence electrons. The maximum absolute atomic E-state index is 9.59. The van der Waals surface area contributed by atoms with Crippen LogP contribution in [0.2, 0.25) is 0 Å². The molecule has 8 unspecified atom stereocenters. The smallest absolute Gasteiger partial charge is 0.102 e. The van der Waals surface area contributed by atoms with Crippen LogP contribution in [0.5, 0.6) is 0 Å². The molecule has 0 spiro atoms. The van der Waals surface area contributed by atoms with Crippen LogP contribution in [-0.4, -0.2) is 11.3 Å². The number of rotatable bonds is 5. The third-order valence-electron chi connectivity index (χ3n) is 9.03. The van der Waals surface area contributed by atoms with Crippen molar-refractivity contribution in [1.82, 2.24) is 0 Å². The quantitative estimate of drug-likeness (QED) is 0.666.